The van der Waals surface area contributed by atoms with E-state index in [1.165, 1.54) is 19.1 Å². The minimum atomic E-state index is -2.36. The second-order valence-corrected chi connectivity index (χ2v) is 17.9. The Morgan fingerprint density at radius 1 is 0.948 bits per heavy atom. The fourth-order valence-electron chi connectivity index (χ4n) is 9.87. The van der Waals surface area contributed by atoms with E-state index in [2.05, 4.69) is 5.32 Å². The molecule has 1 aliphatic heterocycles. The van der Waals surface area contributed by atoms with E-state index >= 15 is 0 Å². The standard InChI is InChI=1S/C43H53NO14/c1-22-26(55-37(51)32(48)30(24-15-11-9-12-16-24)44-38(52)58-39(3,4)5)20-43(53)35(56-36(50)25-17-13-10-14-18-25)33-41(8,34(49)31(47)29(22)40(43,6)7)27(46)19-28-42(33,21-54-28)57-23(2)45/h9-18,22,26-30,32-33,35,46,48,53H,19-21H2,1-8H3,(H,44,52)/t22?,26-,27-,28?,29?,30-,32+,33-,35-,41+,42-,43+/m0/s1. The molecule has 1 heterocycles. The molecule has 3 aliphatic carbocycles. The van der Waals surface area contributed by atoms with Gasteiger partial charge in [-0.05, 0) is 45.4 Å². The maximum Gasteiger partial charge on any atom is 0.408 e. The number of esters is 3. The number of nitrogens with one attached hydrogen (secondary N) is 1. The van der Waals surface area contributed by atoms with Crippen LogP contribution < -0.4 is 5.32 Å². The van der Waals surface area contributed by atoms with Crippen molar-refractivity contribution in [2.45, 2.75) is 122 Å². The first-order valence-corrected chi connectivity index (χ1v) is 19.5. The summed E-state index contributed by atoms with van der Waals surface area (Å²) >= 11 is 0. The van der Waals surface area contributed by atoms with E-state index in [9.17, 15) is 44.1 Å². The molecule has 1 saturated heterocycles. The minimum Gasteiger partial charge on any atom is -0.460 e. The van der Waals surface area contributed by atoms with Crippen molar-refractivity contribution in [2.75, 3.05) is 6.61 Å². The third-order valence-electron chi connectivity index (χ3n) is 12.9. The third-order valence-corrected chi connectivity index (χ3v) is 12.9. The van der Waals surface area contributed by atoms with Crippen LogP contribution in [0.4, 0.5) is 4.79 Å². The van der Waals surface area contributed by atoms with Crippen molar-refractivity contribution in [3.63, 3.8) is 0 Å². The van der Waals surface area contributed by atoms with Crippen molar-refractivity contribution in [1.29, 1.82) is 0 Å². The molecule has 314 valence electrons. The van der Waals surface area contributed by atoms with Crippen LogP contribution in [0.25, 0.3) is 0 Å². The van der Waals surface area contributed by atoms with Crippen molar-refractivity contribution in [2.24, 2.45) is 28.6 Å². The number of Topliss-reactive ketones (excluding diaryl/α,β-unsaturated/α-hetero) is 2. The van der Waals surface area contributed by atoms with E-state index in [0.717, 1.165) is 6.92 Å². The molecule has 6 rings (SSSR count). The van der Waals surface area contributed by atoms with Gasteiger partial charge in [0.1, 0.15) is 29.5 Å². The molecule has 1 amide bonds. The van der Waals surface area contributed by atoms with E-state index in [1.54, 1.807) is 90.1 Å². The third kappa shape index (κ3) is 7.09. The van der Waals surface area contributed by atoms with Gasteiger partial charge in [-0.3, -0.25) is 14.4 Å². The number of ketones is 2. The van der Waals surface area contributed by atoms with E-state index in [-0.39, 0.29) is 18.6 Å². The number of fused-ring (bicyclic) bond motifs is 5. The monoisotopic (exact) mass is 807 g/mol. The van der Waals surface area contributed by atoms with Crippen molar-refractivity contribution in [3.8, 4) is 0 Å². The summed E-state index contributed by atoms with van der Waals surface area (Å²) in [6.45, 7) is 11.8. The molecule has 15 nitrogen and oxygen atoms in total. The number of amides is 1. The van der Waals surface area contributed by atoms with Gasteiger partial charge in [-0.15, -0.1) is 0 Å². The minimum absolute atomic E-state index is 0.0747. The van der Waals surface area contributed by atoms with E-state index in [1.807, 2.05) is 0 Å². The summed E-state index contributed by atoms with van der Waals surface area (Å²) in [5.74, 6) is -8.93. The molecule has 4 N–H and O–H groups in total. The summed E-state index contributed by atoms with van der Waals surface area (Å²) in [5.41, 5.74) is -8.31. The van der Waals surface area contributed by atoms with E-state index in [4.69, 9.17) is 23.7 Å². The van der Waals surface area contributed by atoms with Gasteiger partial charge >= 0.3 is 24.0 Å². The van der Waals surface area contributed by atoms with E-state index in [0.29, 0.717) is 5.56 Å². The van der Waals surface area contributed by atoms with Crippen LogP contribution >= 0.6 is 0 Å². The van der Waals surface area contributed by atoms with Gasteiger partial charge in [0.25, 0.3) is 0 Å². The lowest BCUT2D eigenvalue weighted by atomic mass is 9.42. The van der Waals surface area contributed by atoms with Gasteiger partial charge in [0, 0.05) is 37.0 Å². The highest BCUT2D eigenvalue weighted by molar-refractivity contribution is 6.40. The van der Waals surface area contributed by atoms with Crippen molar-refractivity contribution < 1.29 is 67.8 Å². The number of aliphatic hydroxyl groups is 3. The Balaban J connectivity index is 1.46. The maximum atomic E-state index is 14.9. The molecule has 4 aliphatic rings. The van der Waals surface area contributed by atoms with Crippen LogP contribution in [0.5, 0.6) is 0 Å². The highest BCUT2D eigenvalue weighted by atomic mass is 16.6. The topological polar surface area (TPSA) is 221 Å². The van der Waals surface area contributed by atoms with Crippen LogP contribution in [-0.2, 0) is 42.9 Å². The molecule has 0 radical (unpaired) electrons. The largest absolute Gasteiger partial charge is 0.460 e. The van der Waals surface area contributed by atoms with Gasteiger partial charge in [0.05, 0.1) is 35.6 Å². The SMILES string of the molecule is CC(=O)O[C@@]12COC1C[C@H](O)[C@@]1(C)C(=O)C(=O)C3C(C)[C@@H](OC(=O)[C@H](O)[C@@H](NC(=O)OC(C)(C)C)c4ccccc4)C[C@@](O)([C@@H](OC(=O)c4ccccc4)[C@@H]12)C3(C)C. The number of aliphatic hydroxyl groups excluding tert-OH is 2. The molecule has 0 aromatic heterocycles. The quantitative estimate of drug-likeness (QED) is 0.171. The van der Waals surface area contributed by atoms with Crippen molar-refractivity contribution in [1.82, 2.24) is 5.32 Å². The zero-order chi connectivity index (χ0) is 42.7. The summed E-state index contributed by atoms with van der Waals surface area (Å²) in [6, 6.07) is 14.6. The second kappa shape index (κ2) is 15.2. The molecule has 2 aromatic rings. The summed E-state index contributed by atoms with van der Waals surface area (Å²) in [5, 5.41) is 39.3. The molecule has 3 saturated carbocycles. The number of benzene rings is 2. The Kier molecular flexibility index (Phi) is 11.2. The number of hydrogen-bond donors (Lipinski definition) is 4. The molecule has 2 bridgehead atoms. The lowest BCUT2D eigenvalue weighted by molar-refractivity contribution is -0.350. The van der Waals surface area contributed by atoms with Gasteiger partial charge in [-0.1, -0.05) is 69.3 Å². The summed E-state index contributed by atoms with van der Waals surface area (Å²) in [4.78, 5) is 83.6. The molecule has 15 heteroatoms. The fourth-order valence-corrected chi connectivity index (χ4v) is 9.87. The summed E-state index contributed by atoms with van der Waals surface area (Å²) in [7, 11) is 0. The lowest BCUT2D eigenvalue weighted by Gasteiger charge is -2.67. The summed E-state index contributed by atoms with van der Waals surface area (Å²) in [6.07, 6.45) is -9.48. The Morgan fingerprint density at radius 3 is 2.10 bits per heavy atom. The Bertz CT molecular complexity index is 1950. The first kappa shape index (κ1) is 42.9. The molecule has 3 unspecified atom stereocenters. The number of rotatable bonds is 8. The van der Waals surface area contributed by atoms with Crippen LogP contribution in [0.15, 0.2) is 60.7 Å². The number of ether oxygens (including phenoxy) is 5. The molecular formula is C43H53NO14. The highest BCUT2D eigenvalue weighted by Gasteiger charge is 2.79. The zero-order valence-corrected chi connectivity index (χ0v) is 33.9. The molecule has 4 fully saturated rings. The molecule has 12 atom stereocenters. The van der Waals surface area contributed by atoms with Crippen LogP contribution in [0.1, 0.15) is 90.2 Å². The number of alkyl carbamates (subject to hydrolysis) is 1. The number of carbonyl (C=O) groups excluding carboxylic acids is 6. The predicted octanol–water partition coefficient (Wildman–Crippen LogP) is 3.40. The van der Waals surface area contributed by atoms with Crippen molar-refractivity contribution in [3.05, 3.63) is 71.8 Å². The van der Waals surface area contributed by atoms with Gasteiger partial charge in [0.2, 0.25) is 11.6 Å². The van der Waals surface area contributed by atoms with Crippen LogP contribution in [-0.4, -0.2) is 105 Å². The van der Waals surface area contributed by atoms with Gasteiger partial charge in [-0.25, -0.2) is 14.4 Å². The van der Waals surface area contributed by atoms with Gasteiger partial charge in [0.15, 0.2) is 11.7 Å². The second-order valence-electron chi connectivity index (χ2n) is 17.9. The maximum absolute atomic E-state index is 14.9. The molecule has 2 aromatic carbocycles. The average molecular weight is 808 g/mol. The summed E-state index contributed by atoms with van der Waals surface area (Å²) < 4.78 is 29.5. The van der Waals surface area contributed by atoms with Crippen LogP contribution in [0.3, 0.4) is 0 Å². The molecular weight excluding hydrogens is 754 g/mol. The Hall–Kier alpha value is -4.70. The molecule has 58 heavy (non-hydrogen) atoms. The first-order valence-electron chi connectivity index (χ1n) is 19.5. The lowest BCUT2D eigenvalue weighted by Crippen LogP contribution is -2.82. The molecule has 0 spiro atoms. The zero-order valence-electron chi connectivity index (χ0n) is 33.9. The highest BCUT2D eigenvalue weighted by Crippen LogP contribution is 2.64. The first-order chi connectivity index (χ1) is 27.0. The normalized spacial score (nSPS) is 34.9. The van der Waals surface area contributed by atoms with Crippen molar-refractivity contribution >= 4 is 35.6 Å². The predicted molar refractivity (Wildman–Crippen MR) is 203 cm³/mol. The average Bonchev–Trinajstić information content (AvgIpc) is 3.14. The van der Waals surface area contributed by atoms with Gasteiger partial charge < -0.3 is 44.3 Å². The number of hydrogen-bond acceptors (Lipinski definition) is 14. The Morgan fingerprint density at radius 2 is 1.55 bits per heavy atom. The number of carbonyl (C=O) groups is 6. The smallest absolute Gasteiger partial charge is 0.408 e. The van der Waals surface area contributed by atoms with E-state index < -0.39 is 124 Å². The van der Waals surface area contributed by atoms with Crippen LogP contribution in [0.2, 0.25) is 0 Å². The van der Waals surface area contributed by atoms with Crippen LogP contribution in [0, 0.1) is 28.6 Å². The Labute approximate surface area is 336 Å². The fraction of sp³-hybridized carbons (Fsp3) is 0.581. The van der Waals surface area contributed by atoms with Gasteiger partial charge in [-0.2, -0.15) is 0 Å².